The fourth-order valence-electron chi connectivity index (χ4n) is 0.524. The van der Waals surface area contributed by atoms with Crippen LogP contribution in [0.5, 0.6) is 0 Å². The van der Waals surface area contributed by atoms with Crippen LogP contribution in [0.1, 0.15) is 12.8 Å². The van der Waals surface area contributed by atoms with Gasteiger partial charge in [-0.25, -0.2) is 0 Å². The maximum absolute atomic E-state index is 11.6. The van der Waals surface area contributed by atoms with E-state index in [2.05, 4.69) is 0 Å². The molecular formula is C5H7BCl2F3K. The minimum atomic E-state index is -4.90. The minimum Gasteiger partial charge on any atom is -0.445 e. The minimum absolute atomic E-state index is 0. The molecule has 0 rings (SSSR count). The average Bonchev–Trinajstić information content (AvgIpc) is 1.79. The molecule has 0 fully saturated rings. The van der Waals surface area contributed by atoms with Gasteiger partial charge in [-0.3, -0.25) is 0 Å². The molecule has 0 aromatic heterocycles. The van der Waals surface area contributed by atoms with Gasteiger partial charge in [-0.05, 0) is 17.9 Å². The summed E-state index contributed by atoms with van der Waals surface area (Å²) in [5.41, 5.74) is 0. The molecule has 0 radical (unpaired) electrons. The molecule has 0 bridgehead atoms. The summed E-state index contributed by atoms with van der Waals surface area (Å²) in [7, 11) is 0. The number of hydrogen-bond acceptors (Lipinski definition) is 0. The summed E-state index contributed by atoms with van der Waals surface area (Å²) in [6.45, 7) is -4.90. The van der Waals surface area contributed by atoms with E-state index in [-0.39, 0.29) is 68.8 Å². The second-order valence-corrected chi connectivity index (χ2v) is 2.89. The SMILES string of the molecule is F[B-](F)(F)/C=C(\Cl)CCCCl.[K+]. The third-order valence-electron chi connectivity index (χ3n) is 0.919. The Morgan fingerprint density at radius 3 is 2.17 bits per heavy atom. The molecule has 0 aliphatic heterocycles. The van der Waals surface area contributed by atoms with Crippen LogP contribution in [0.15, 0.2) is 11.0 Å². The number of rotatable bonds is 4. The fraction of sp³-hybridized carbons (Fsp3) is 0.600. The monoisotopic (exact) mass is 244 g/mol. The summed E-state index contributed by atoms with van der Waals surface area (Å²) in [5, 5.41) is -0.168. The van der Waals surface area contributed by atoms with Gasteiger partial charge in [0.2, 0.25) is 0 Å². The number of hydrogen-bond donors (Lipinski definition) is 0. The van der Waals surface area contributed by atoms with Crippen molar-refractivity contribution in [2.75, 3.05) is 5.88 Å². The van der Waals surface area contributed by atoms with Gasteiger partial charge in [0, 0.05) is 5.88 Å². The molecule has 12 heavy (non-hydrogen) atoms. The van der Waals surface area contributed by atoms with Crippen LogP contribution in [-0.2, 0) is 0 Å². The Morgan fingerprint density at radius 2 is 1.83 bits per heavy atom. The number of halogens is 5. The van der Waals surface area contributed by atoms with Crippen molar-refractivity contribution < 1.29 is 64.3 Å². The predicted octanol–water partition coefficient (Wildman–Crippen LogP) is 0.519. The van der Waals surface area contributed by atoms with Gasteiger partial charge in [0.05, 0.1) is 0 Å². The first kappa shape index (κ1) is 16.2. The Balaban J connectivity index is 0. The maximum Gasteiger partial charge on any atom is 1.00 e. The molecule has 0 aromatic rings. The number of allylic oxidation sites excluding steroid dienone is 1. The zero-order chi connectivity index (χ0) is 8.91. The molecule has 0 atom stereocenters. The predicted molar refractivity (Wildman–Crippen MR) is 43.0 cm³/mol. The van der Waals surface area contributed by atoms with Crippen LogP contribution in [0.4, 0.5) is 12.9 Å². The van der Waals surface area contributed by atoms with Crippen LogP contribution in [0.3, 0.4) is 0 Å². The van der Waals surface area contributed by atoms with Crippen molar-refractivity contribution in [3.05, 3.63) is 11.0 Å². The first-order valence-corrected chi connectivity index (χ1v) is 4.00. The second kappa shape index (κ2) is 8.15. The summed E-state index contributed by atoms with van der Waals surface area (Å²) < 4.78 is 34.8. The molecule has 0 saturated carbocycles. The van der Waals surface area contributed by atoms with E-state index in [0.29, 0.717) is 12.3 Å². The van der Waals surface area contributed by atoms with Crippen LogP contribution in [0.25, 0.3) is 0 Å². The van der Waals surface area contributed by atoms with E-state index in [0.717, 1.165) is 0 Å². The quantitative estimate of drug-likeness (QED) is 0.500. The molecule has 0 saturated heterocycles. The molecule has 0 unspecified atom stereocenters. The zero-order valence-corrected chi connectivity index (χ0v) is 11.3. The Morgan fingerprint density at radius 1 is 1.33 bits per heavy atom. The average molecular weight is 245 g/mol. The van der Waals surface area contributed by atoms with Crippen molar-refractivity contribution in [3.8, 4) is 0 Å². The van der Waals surface area contributed by atoms with Crippen LogP contribution < -0.4 is 51.4 Å². The Kier molecular flexibility index (Phi) is 11.0. The van der Waals surface area contributed by atoms with Gasteiger partial charge < -0.3 is 12.9 Å². The standard InChI is InChI=1S/C5H7BCl2F3.K/c7-3-1-2-5(8)4-6(9,10)11;/h4H,1-3H2;/q-1;+1/b5-4-;. The topological polar surface area (TPSA) is 0 Å². The first-order valence-electron chi connectivity index (χ1n) is 3.09. The molecule has 7 heteroatoms. The van der Waals surface area contributed by atoms with Crippen LogP contribution >= 0.6 is 23.2 Å². The summed E-state index contributed by atoms with van der Waals surface area (Å²) >= 11 is 10.5. The van der Waals surface area contributed by atoms with Gasteiger partial charge in [0.15, 0.2) is 0 Å². The van der Waals surface area contributed by atoms with Crippen LogP contribution in [0.2, 0.25) is 0 Å². The van der Waals surface area contributed by atoms with Gasteiger partial charge in [-0.15, -0.1) is 17.6 Å². The van der Waals surface area contributed by atoms with E-state index >= 15 is 0 Å². The first-order chi connectivity index (χ1) is 4.95. The van der Waals surface area contributed by atoms with Crippen molar-refractivity contribution in [2.24, 2.45) is 0 Å². The molecule has 0 aliphatic rings. The van der Waals surface area contributed by atoms with E-state index in [1.54, 1.807) is 0 Å². The molecule has 0 nitrogen and oxygen atoms in total. The molecule has 0 amide bonds. The van der Waals surface area contributed by atoms with E-state index < -0.39 is 6.98 Å². The summed E-state index contributed by atoms with van der Waals surface area (Å²) in [4.78, 5) is 0. The molecule has 66 valence electrons. The van der Waals surface area contributed by atoms with Gasteiger partial charge >= 0.3 is 58.4 Å². The molecular weight excluding hydrogens is 238 g/mol. The Labute approximate surface area is 122 Å². The Hall–Kier alpha value is 1.81. The third-order valence-corrected chi connectivity index (χ3v) is 1.50. The maximum atomic E-state index is 11.6. The van der Waals surface area contributed by atoms with Gasteiger partial charge in [-0.1, -0.05) is 11.6 Å². The fourth-order valence-corrected chi connectivity index (χ4v) is 0.934. The largest absolute Gasteiger partial charge is 1.00 e. The van der Waals surface area contributed by atoms with Crippen LogP contribution in [0, 0.1) is 0 Å². The van der Waals surface area contributed by atoms with Crippen molar-refractivity contribution >= 4 is 30.2 Å². The van der Waals surface area contributed by atoms with E-state index in [1.165, 1.54) is 0 Å². The number of alkyl halides is 1. The van der Waals surface area contributed by atoms with Gasteiger partial charge in [0.1, 0.15) is 0 Å². The summed E-state index contributed by atoms with van der Waals surface area (Å²) in [6.07, 6.45) is 0.676. The Bertz CT molecular complexity index is 148. The van der Waals surface area contributed by atoms with E-state index in [1.807, 2.05) is 0 Å². The molecule has 0 N–H and O–H groups in total. The van der Waals surface area contributed by atoms with Gasteiger partial charge in [0.25, 0.3) is 0 Å². The molecule has 0 aliphatic carbocycles. The summed E-state index contributed by atoms with van der Waals surface area (Å²) in [5.74, 6) is 0.475. The van der Waals surface area contributed by atoms with Crippen molar-refractivity contribution in [3.63, 3.8) is 0 Å². The molecule has 0 aromatic carbocycles. The zero-order valence-electron chi connectivity index (χ0n) is 6.67. The van der Waals surface area contributed by atoms with Crippen molar-refractivity contribution in [1.29, 1.82) is 0 Å². The molecule has 0 spiro atoms. The van der Waals surface area contributed by atoms with Crippen LogP contribution in [-0.4, -0.2) is 12.9 Å². The van der Waals surface area contributed by atoms with Crippen molar-refractivity contribution in [1.82, 2.24) is 0 Å². The normalized spacial score (nSPS) is 12.6. The summed E-state index contributed by atoms with van der Waals surface area (Å²) in [6, 6.07) is 0. The van der Waals surface area contributed by atoms with Crippen molar-refractivity contribution in [2.45, 2.75) is 12.8 Å². The smallest absolute Gasteiger partial charge is 0.445 e. The van der Waals surface area contributed by atoms with Gasteiger partial charge in [-0.2, -0.15) is 0 Å². The third kappa shape index (κ3) is 11.8. The second-order valence-electron chi connectivity index (χ2n) is 2.03. The van der Waals surface area contributed by atoms with E-state index in [9.17, 15) is 12.9 Å². The molecule has 0 heterocycles. The van der Waals surface area contributed by atoms with E-state index in [4.69, 9.17) is 23.2 Å².